The highest BCUT2D eigenvalue weighted by Crippen LogP contribution is 2.29. The van der Waals surface area contributed by atoms with Gasteiger partial charge in [-0.05, 0) is 37.1 Å². The molecule has 1 atom stereocenters. The predicted octanol–water partition coefficient (Wildman–Crippen LogP) is 4.84. The van der Waals surface area contributed by atoms with E-state index in [1.165, 1.54) is 5.56 Å². The molecule has 0 radical (unpaired) electrons. The molecule has 0 heterocycles. The molecule has 0 saturated heterocycles. The Bertz CT molecular complexity index is 405. The SMILES string of the molecule is C=CC(C)(CNCCC)Cc1ccc(Br)cc1Cl. The molecule has 0 aliphatic heterocycles. The van der Waals surface area contributed by atoms with Crippen LogP contribution in [0.2, 0.25) is 5.02 Å². The summed E-state index contributed by atoms with van der Waals surface area (Å²) in [7, 11) is 0. The van der Waals surface area contributed by atoms with Gasteiger partial charge in [0.05, 0.1) is 0 Å². The van der Waals surface area contributed by atoms with Gasteiger partial charge >= 0.3 is 0 Å². The number of nitrogens with one attached hydrogen (secondary N) is 1. The number of hydrogen-bond acceptors (Lipinski definition) is 1. The lowest BCUT2D eigenvalue weighted by Gasteiger charge is -2.27. The van der Waals surface area contributed by atoms with Crippen LogP contribution >= 0.6 is 27.5 Å². The predicted molar refractivity (Wildman–Crippen MR) is 84.3 cm³/mol. The van der Waals surface area contributed by atoms with Crippen molar-refractivity contribution in [2.45, 2.75) is 26.7 Å². The maximum Gasteiger partial charge on any atom is 0.0449 e. The molecule has 0 aliphatic rings. The minimum Gasteiger partial charge on any atom is -0.316 e. The molecule has 1 rings (SSSR count). The molecule has 0 spiro atoms. The molecule has 0 aliphatic carbocycles. The normalized spacial score (nSPS) is 14.2. The van der Waals surface area contributed by atoms with Gasteiger partial charge in [-0.15, -0.1) is 6.58 Å². The first-order valence-corrected chi connectivity index (χ1v) is 7.46. The van der Waals surface area contributed by atoms with Gasteiger partial charge in [-0.25, -0.2) is 0 Å². The Labute approximate surface area is 124 Å². The van der Waals surface area contributed by atoms with Gasteiger partial charge in [0.15, 0.2) is 0 Å². The molecule has 0 bridgehead atoms. The van der Waals surface area contributed by atoms with Gasteiger partial charge in [0.25, 0.3) is 0 Å². The van der Waals surface area contributed by atoms with Crippen molar-refractivity contribution < 1.29 is 0 Å². The first-order chi connectivity index (χ1) is 8.50. The zero-order chi connectivity index (χ0) is 13.6. The van der Waals surface area contributed by atoms with E-state index in [9.17, 15) is 0 Å². The molecule has 1 nitrogen and oxygen atoms in total. The number of hydrogen-bond donors (Lipinski definition) is 1. The van der Waals surface area contributed by atoms with Crippen LogP contribution in [0, 0.1) is 5.41 Å². The van der Waals surface area contributed by atoms with Gasteiger partial charge in [-0.3, -0.25) is 0 Å². The average molecular weight is 331 g/mol. The van der Waals surface area contributed by atoms with E-state index in [2.05, 4.69) is 47.7 Å². The van der Waals surface area contributed by atoms with E-state index < -0.39 is 0 Å². The molecule has 0 aromatic heterocycles. The first-order valence-electron chi connectivity index (χ1n) is 6.29. The Morgan fingerprint density at radius 2 is 2.22 bits per heavy atom. The van der Waals surface area contributed by atoms with Crippen LogP contribution in [-0.2, 0) is 6.42 Å². The first kappa shape index (κ1) is 15.7. The van der Waals surface area contributed by atoms with Crippen molar-refractivity contribution >= 4 is 27.5 Å². The van der Waals surface area contributed by atoms with Gasteiger partial charge in [0, 0.05) is 21.5 Å². The van der Waals surface area contributed by atoms with Crippen molar-refractivity contribution in [2.75, 3.05) is 13.1 Å². The smallest absolute Gasteiger partial charge is 0.0449 e. The summed E-state index contributed by atoms with van der Waals surface area (Å²) in [6.07, 6.45) is 4.07. The van der Waals surface area contributed by atoms with Crippen LogP contribution in [0.1, 0.15) is 25.8 Å². The van der Waals surface area contributed by atoms with Crippen molar-refractivity contribution in [1.29, 1.82) is 0 Å². The van der Waals surface area contributed by atoms with Gasteiger partial charge < -0.3 is 5.32 Å². The summed E-state index contributed by atoms with van der Waals surface area (Å²) < 4.78 is 1.01. The standard InChI is InChI=1S/C15H21BrClN/c1-4-8-18-11-15(3,5-2)10-12-6-7-13(16)9-14(12)17/h5-7,9,18H,2,4,8,10-11H2,1,3H3. The lowest BCUT2D eigenvalue weighted by atomic mass is 9.83. The summed E-state index contributed by atoms with van der Waals surface area (Å²) in [6, 6.07) is 6.05. The van der Waals surface area contributed by atoms with Crippen molar-refractivity contribution in [3.8, 4) is 0 Å². The maximum atomic E-state index is 6.27. The quantitative estimate of drug-likeness (QED) is 0.557. The molecule has 0 amide bonds. The Morgan fingerprint density at radius 1 is 1.50 bits per heavy atom. The van der Waals surface area contributed by atoms with E-state index in [1.54, 1.807) is 0 Å². The number of halogens is 2. The molecule has 1 aromatic carbocycles. The fraction of sp³-hybridized carbons (Fsp3) is 0.467. The molecule has 1 N–H and O–H groups in total. The topological polar surface area (TPSA) is 12.0 Å². The van der Waals surface area contributed by atoms with E-state index in [4.69, 9.17) is 11.6 Å². The van der Waals surface area contributed by atoms with Crippen LogP contribution in [0.25, 0.3) is 0 Å². The van der Waals surface area contributed by atoms with Gasteiger partial charge in [0.2, 0.25) is 0 Å². The lowest BCUT2D eigenvalue weighted by molar-refractivity contribution is 0.391. The highest BCUT2D eigenvalue weighted by Gasteiger charge is 2.21. The number of benzene rings is 1. The molecule has 0 saturated carbocycles. The van der Waals surface area contributed by atoms with Crippen molar-refractivity contribution in [3.05, 3.63) is 45.9 Å². The van der Waals surface area contributed by atoms with Crippen LogP contribution in [0.15, 0.2) is 35.3 Å². The molecule has 3 heteroatoms. The highest BCUT2D eigenvalue weighted by molar-refractivity contribution is 9.10. The Balaban J connectivity index is 2.74. The summed E-state index contributed by atoms with van der Waals surface area (Å²) in [5.41, 5.74) is 1.20. The van der Waals surface area contributed by atoms with Crippen molar-refractivity contribution in [3.63, 3.8) is 0 Å². The van der Waals surface area contributed by atoms with Crippen LogP contribution in [0.4, 0.5) is 0 Å². The van der Waals surface area contributed by atoms with Gasteiger partial charge in [-0.2, -0.15) is 0 Å². The van der Waals surface area contributed by atoms with E-state index in [0.717, 1.165) is 35.4 Å². The van der Waals surface area contributed by atoms with E-state index in [-0.39, 0.29) is 5.41 Å². The third-order valence-corrected chi connectivity index (χ3v) is 3.90. The summed E-state index contributed by atoms with van der Waals surface area (Å²) in [5.74, 6) is 0. The Morgan fingerprint density at radius 3 is 2.78 bits per heavy atom. The summed E-state index contributed by atoms with van der Waals surface area (Å²) in [4.78, 5) is 0. The summed E-state index contributed by atoms with van der Waals surface area (Å²) in [5, 5.41) is 4.27. The van der Waals surface area contributed by atoms with Crippen molar-refractivity contribution in [2.24, 2.45) is 5.41 Å². The Hall–Kier alpha value is -0.310. The van der Waals surface area contributed by atoms with Crippen molar-refractivity contribution in [1.82, 2.24) is 5.32 Å². The third-order valence-electron chi connectivity index (χ3n) is 3.06. The third kappa shape index (κ3) is 4.75. The zero-order valence-corrected chi connectivity index (χ0v) is 13.4. The van der Waals surface area contributed by atoms with E-state index >= 15 is 0 Å². The molecule has 100 valence electrons. The van der Waals surface area contributed by atoms with Crippen LogP contribution < -0.4 is 5.32 Å². The molecule has 1 unspecified atom stereocenters. The second-order valence-electron chi connectivity index (χ2n) is 4.95. The molecule has 0 fully saturated rings. The average Bonchev–Trinajstić information content (AvgIpc) is 2.33. The lowest BCUT2D eigenvalue weighted by Crippen LogP contribution is -2.32. The maximum absolute atomic E-state index is 6.27. The fourth-order valence-electron chi connectivity index (χ4n) is 1.86. The zero-order valence-electron chi connectivity index (χ0n) is 11.1. The van der Waals surface area contributed by atoms with E-state index in [1.807, 2.05) is 18.2 Å². The minimum atomic E-state index is 0.0344. The molecule has 18 heavy (non-hydrogen) atoms. The second-order valence-corrected chi connectivity index (χ2v) is 6.27. The molecular formula is C15H21BrClN. The molecular weight excluding hydrogens is 310 g/mol. The van der Waals surface area contributed by atoms with E-state index in [0.29, 0.717) is 0 Å². The van der Waals surface area contributed by atoms with Crippen LogP contribution in [0.5, 0.6) is 0 Å². The summed E-state index contributed by atoms with van der Waals surface area (Å²) >= 11 is 9.70. The largest absolute Gasteiger partial charge is 0.316 e. The second kappa shape index (κ2) is 7.32. The highest BCUT2D eigenvalue weighted by atomic mass is 79.9. The van der Waals surface area contributed by atoms with Gasteiger partial charge in [-0.1, -0.05) is 53.5 Å². The monoisotopic (exact) mass is 329 g/mol. The van der Waals surface area contributed by atoms with Crippen LogP contribution in [-0.4, -0.2) is 13.1 Å². The number of rotatable bonds is 7. The molecule has 1 aromatic rings. The fourth-order valence-corrected chi connectivity index (χ4v) is 2.60. The summed E-state index contributed by atoms with van der Waals surface area (Å²) in [6.45, 7) is 10.3. The van der Waals surface area contributed by atoms with Crippen LogP contribution in [0.3, 0.4) is 0 Å². The minimum absolute atomic E-state index is 0.0344. The van der Waals surface area contributed by atoms with Gasteiger partial charge in [0.1, 0.15) is 0 Å². The Kier molecular flexibility index (Phi) is 6.40.